The number of amides is 2. The third-order valence-electron chi connectivity index (χ3n) is 5.17. The number of carbonyl (C=O) groups is 2. The normalized spacial score (nSPS) is 13.8. The number of nitrogens with one attached hydrogen (secondary N) is 2. The van der Waals surface area contributed by atoms with Crippen LogP contribution in [0.1, 0.15) is 34.0 Å². The van der Waals surface area contributed by atoms with Gasteiger partial charge < -0.3 is 20.4 Å². The molecule has 8 heteroatoms. The first-order valence-corrected chi connectivity index (χ1v) is 10.7. The molecule has 0 saturated carbocycles. The molecule has 0 unspecified atom stereocenters. The van der Waals surface area contributed by atoms with Crippen molar-refractivity contribution < 1.29 is 9.59 Å². The number of rotatable bonds is 6. The largest absolute Gasteiger partial charge is 0.357 e. The van der Waals surface area contributed by atoms with Gasteiger partial charge in [-0.1, -0.05) is 42.0 Å². The van der Waals surface area contributed by atoms with Crippen LogP contribution in [-0.2, 0) is 17.9 Å². The molecule has 2 N–H and O–H groups in total. The van der Waals surface area contributed by atoms with Crippen molar-refractivity contribution in [1.82, 2.24) is 20.4 Å². The number of hydrogen-bond donors (Lipinski definition) is 2. The molecule has 1 fully saturated rings. The number of nitrogens with zero attached hydrogens (tertiary/aromatic N) is 3. The number of aryl methyl sites for hydroxylation is 1. The first-order chi connectivity index (χ1) is 15.0. The van der Waals surface area contributed by atoms with E-state index in [0.29, 0.717) is 25.2 Å². The highest BCUT2D eigenvalue weighted by molar-refractivity contribution is 14.0. The van der Waals surface area contributed by atoms with Gasteiger partial charge in [0.1, 0.15) is 0 Å². The zero-order valence-electron chi connectivity index (χ0n) is 18.9. The summed E-state index contributed by atoms with van der Waals surface area (Å²) in [6, 6.07) is 16.0. The zero-order chi connectivity index (χ0) is 22.2. The summed E-state index contributed by atoms with van der Waals surface area (Å²) in [6.07, 6.45) is 0. The maximum absolute atomic E-state index is 12.6. The SMILES string of the molecule is CCNC(=NCc1ccc(C(=O)N2CCNC(=O)C2)cc1)N(C)Cc1ccc(C)cc1.I. The highest BCUT2D eigenvalue weighted by Gasteiger charge is 2.22. The fourth-order valence-electron chi connectivity index (χ4n) is 3.43. The molecule has 32 heavy (non-hydrogen) atoms. The van der Waals surface area contributed by atoms with E-state index in [1.807, 2.05) is 31.3 Å². The van der Waals surface area contributed by atoms with E-state index >= 15 is 0 Å². The van der Waals surface area contributed by atoms with Crippen LogP contribution in [-0.4, -0.2) is 60.8 Å². The number of benzene rings is 2. The molecule has 1 aliphatic heterocycles. The van der Waals surface area contributed by atoms with E-state index in [1.54, 1.807) is 4.90 Å². The summed E-state index contributed by atoms with van der Waals surface area (Å²) in [4.78, 5) is 32.6. The van der Waals surface area contributed by atoms with Gasteiger partial charge in [-0.3, -0.25) is 9.59 Å². The number of piperazine rings is 1. The highest BCUT2D eigenvalue weighted by Crippen LogP contribution is 2.11. The van der Waals surface area contributed by atoms with Crippen molar-refractivity contribution in [3.63, 3.8) is 0 Å². The van der Waals surface area contributed by atoms with Gasteiger partial charge in [0.15, 0.2) is 5.96 Å². The van der Waals surface area contributed by atoms with Crippen molar-refractivity contribution in [2.45, 2.75) is 26.9 Å². The van der Waals surface area contributed by atoms with Crippen molar-refractivity contribution in [2.75, 3.05) is 33.2 Å². The van der Waals surface area contributed by atoms with Crippen LogP contribution in [0, 0.1) is 6.92 Å². The van der Waals surface area contributed by atoms with Crippen LogP contribution in [0.3, 0.4) is 0 Å². The number of hydrogen-bond acceptors (Lipinski definition) is 3. The van der Waals surface area contributed by atoms with E-state index in [9.17, 15) is 9.59 Å². The van der Waals surface area contributed by atoms with E-state index in [4.69, 9.17) is 4.99 Å². The summed E-state index contributed by atoms with van der Waals surface area (Å²) in [5.74, 6) is 0.606. The lowest BCUT2D eigenvalue weighted by atomic mass is 10.1. The minimum Gasteiger partial charge on any atom is -0.357 e. The molecule has 172 valence electrons. The average Bonchev–Trinajstić information content (AvgIpc) is 2.78. The lowest BCUT2D eigenvalue weighted by molar-refractivity contribution is -0.123. The van der Waals surface area contributed by atoms with Crippen LogP contribution in [0.25, 0.3) is 0 Å². The predicted molar refractivity (Wildman–Crippen MR) is 138 cm³/mol. The Morgan fingerprint density at radius 1 is 1.12 bits per heavy atom. The number of halogens is 1. The summed E-state index contributed by atoms with van der Waals surface area (Å²) >= 11 is 0. The van der Waals surface area contributed by atoms with Crippen LogP contribution < -0.4 is 10.6 Å². The van der Waals surface area contributed by atoms with E-state index < -0.39 is 0 Å². The minimum atomic E-state index is -0.115. The summed E-state index contributed by atoms with van der Waals surface area (Å²) in [7, 11) is 2.03. The van der Waals surface area contributed by atoms with Crippen molar-refractivity contribution in [3.8, 4) is 0 Å². The maximum Gasteiger partial charge on any atom is 0.254 e. The predicted octanol–water partition coefficient (Wildman–Crippen LogP) is 2.78. The Morgan fingerprint density at radius 3 is 2.41 bits per heavy atom. The Kier molecular flexibility index (Phi) is 9.96. The Balaban J connectivity index is 0.00000363. The van der Waals surface area contributed by atoms with Gasteiger partial charge in [-0.2, -0.15) is 0 Å². The molecule has 2 amide bonds. The smallest absolute Gasteiger partial charge is 0.254 e. The molecule has 0 spiro atoms. The Labute approximate surface area is 207 Å². The molecule has 2 aromatic carbocycles. The molecule has 1 heterocycles. The second-order valence-corrected chi connectivity index (χ2v) is 7.79. The summed E-state index contributed by atoms with van der Waals surface area (Å²) < 4.78 is 0. The monoisotopic (exact) mass is 549 g/mol. The van der Waals surface area contributed by atoms with E-state index in [-0.39, 0.29) is 42.3 Å². The lowest BCUT2D eigenvalue weighted by Crippen LogP contribution is -2.49. The van der Waals surface area contributed by atoms with Gasteiger partial charge in [-0.25, -0.2) is 4.99 Å². The molecule has 0 bridgehead atoms. The van der Waals surface area contributed by atoms with Gasteiger partial charge in [-0.15, -0.1) is 24.0 Å². The molecule has 0 radical (unpaired) electrons. The summed E-state index contributed by atoms with van der Waals surface area (Å²) in [5.41, 5.74) is 4.09. The van der Waals surface area contributed by atoms with Crippen LogP contribution in [0.2, 0.25) is 0 Å². The molecule has 1 aliphatic rings. The van der Waals surface area contributed by atoms with Gasteiger partial charge in [0.2, 0.25) is 5.91 Å². The zero-order valence-corrected chi connectivity index (χ0v) is 21.3. The summed E-state index contributed by atoms with van der Waals surface area (Å²) in [6.45, 7) is 7.36. The quantitative estimate of drug-likeness (QED) is 0.330. The standard InChI is InChI=1S/C24H31N5O2.HI/c1-4-25-24(28(3)16-20-7-5-18(2)6-8-20)27-15-19-9-11-21(12-10-19)23(31)29-14-13-26-22(30)17-29;/h5-12H,4,13-17H2,1-3H3,(H,25,27)(H,26,30);1H. The van der Waals surface area contributed by atoms with E-state index in [0.717, 1.165) is 24.6 Å². The highest BCUT2D eigenvalue weighted by atomic mass is 127. The second-order valence-electron chi connectivity index (χ2n) is 7.79. The van der Waals surface area contributed by atoms with Crippen molar-refractivity contribution in [1.29, 1.82) is 0 Å². The molecule has 0 aromatic heterocycles. The first kappa shape index (κ1) is 25.6. The Hall–Kier alpha value is -2.62. The summed E-state index contributed by atoms with van der Waals surface area (Å²) in [5, 5.41) is 6.07. The number of carbonyl (C=O) groups excluding carboxylic acids is 2. The molecule has 1 saturated heterocycles. The van der Waals surface area contributed by atoms with Gasteiger partial charge in [0.05, 0.1) is 13.1 Å². The second kappa shape index (κ2) is 12.4. The topological polar surface area (TPSA) is 77.0 Å². The third-order valence-corrected chi connectivity index (χ3v) is 5.17. The Bertz CT molecular complexity index is 928. The van der Waals surface area contributed by atoms with Crippen molar-refractivity contribution in [3.05, 3.63) is 70.8 Å². The van der Waals surface area contributed by atoms with Crippen LogP contribution in [0.5, 0.6) is 0 Å². The minimum absolute atomic E-state index is 0. The van der Waals surface area contributed by atoms with Crippen LogP contribution >= 0.6 is 24.0 Å². The lowest BCUT2D eigenvalue weighted by Gasteiger charge is -2.26. The number of guanidine groups is 1. The molecular formula is C24H32IN5O2. The maximum atomic E-state index is 12.6. The van der Waals surface area contributed by atoms with Crippen LogP contribution in [0.4, 0.5) is 0 Å². The molecule has 0 atom stereocenters. The van der Waals surface area contributed by atoms with Crippen LogP contribution in [0.15, 0.2) is 53.5 Å². The van der Waals surface area contributed by atoms with Crippen molar-refractivity contribution >= 4 is 41.8 Å². The fourth-order valence-corrected chi connectivity index (χ4v) is 3.43. The van der Waals surface area contributed by atoms with Crippen molar-refractivity contribution in [2.24, 2.45) is 4.99 Å². The molecule has 7 nitrogen and oxygen atoms in total. The number of aliphatic imine (C=N–C) groups is 1. The molecule has 2 aromatic rings. The molecular weight excluding hydrogens is 517 g/mol. The average molecular weight is 549 g/mol. The van der Waals surface area contributed by atoms with Gasteiger partial charge in [0, 0.05) is 38.8 Å². The molecule has 3 rings (SSSR count). The van der Waals surface area contributed by atoms with Gasteiger partial charge in [0.25, 0.3) is 5.91 Å². The van der Waals surface area contributed by atoms with E-state index in [1.165, 1.54) is 11.1 Å². The van der Waals surface area contributed by atoms with E-state index in [2.05, 4.69) is 53.6 Å². The van der Waals surface area contributed by atoms with Gasteiger partial charge >= 0.3 is 0 Å². The molecule has 0 aliphatic carbocycles. The van der Waals surface area contributed by atoms with Gasteiger partial charge in [-0.05, 0) is 37.1 Å². The fraction of sp³-hybridized carbons (Fsp3) is 0.375. The first-order valence-electron chi connectivity index (χ1n) is 10.7. The third kappa shape index (κ3) is 7.22. The Morgan fingerprint density at radius 2 is 1.78 bits per heavy atom.